The Labute approximate surface area is 122 Å². The highest BCUT2D eigenvalue weighted by Crippen LogP contribution is 2.50. The molecule has 0 aliphatic heterocycles. The van der Waals surface area contributed by atoms with Crippen LogP contribution in [0.1, 0.15) is 35.0 Å². The minimum atomic E-state index is 0.545. The molecule has 2 aromatic rings. The molecule has 1 fully saturated rings. The van der Waals surface area contributed by atoms with Crippen LogP contribution in [0.15, 0.2) is 12.4 Å². The average Bonchev–Trinajstić information content (AvgIpc) is 3.11. The van der Waals surface area contributed by atoms with Crippen molar-refractivity contribution in [1.82, 2.24) is 9.55 Å². The number of hydrogen-bond donors (Lipinski definition) is 2. The molecule has 0 saturated heterocycles. The summed E-state index contributed by atoms with van der Waals surface area (Å²) in [6.45, 7) is 0.801. The lowest BCUT2D eigenvalue weighted by Crippen LogP contribution is -2.08. The zero-order valence-corrected chi connectivity index (χ0v) is 12.2. The Bertz CT molecular complexity index is 660. The van der Waals surface area contributed by atoms with Crippen LogP contribution in [-0.4, -0.2) is 16.1 Å². The van der Waals surface area contributed by atoms with E-state index in [2.05, 4.69) is 16.4 Å². The Balaban J connectivity index is 1.71. The minimum Gasteiger partial charge on any atom is -0.397 e. The Morgan fingerprint density at radius 3 is 3.00 bits per heavy atom. The summed E-state index contributed by atoms with van der Waals surface area (Å²) < 4.78 is 2.02. The summed E-state index contributed by atoms with van der Waals surface area (Å²) in [4.78, 5) is 4.94. The zero-order valence-electron chi connectivity index (χ0n) is 11.4. The molecule has 5 nitrogen and oxygen atoms in total. The topological polar surface area (TPSA) is 79.7 Å². The molecule has 0 amide bonds. The van der Waals surface area contributed by atoms with E-state index >= 15 is 0 Å². The quantitative estimate of drug-likeness (QED) is 0.885. The van der Waals surface area contributed by atoms with Gasteiger partial charge in [0, 0.05) is 38.0 Å². The van der Waals surface area contributed by atoms with E-state index in [-0.39, 0.29) is 0 Å². The van der Waals surface area contributed by atoms with Crippen LogP contribution in [0.4, 0.5) is 10.7 Å². The number of anilines is 2. The van der Waals surface area contributed by atoms with E-state index in [1.807, 2.05) is 24.0 Å². The third kappa shape index (κ3) is 2.37. The molecule has 0 atom stereocenters. The second-order valence-electron chi connectivity index (χ2n) is 5.10. The number of nitriles is 1. The van der Waals surface area contributed by atoms with Crippen LogP contribution in [0.25, 0.3) is 0 Å². The number of thiophene rings is 1. The molecule has 0 aromatic carbocycles. The monoisotopic (exact) mass is 287 g/mol. The molecule has 0 spiro atoms. The van der Waals surface area contributed by atoms with Gasteiger partial charge in [0.2, 0.25) is 0 Å². The van der Waals surface area contributed by atoms with Crippen molar-refractivity contribution in [3.8, 4) is 6.07 Å². The molecule has 6 heteroatoms. The zero-order chi connectivity index (χ0) is 14.1. The molecule has 2 aromatic heterocycles. The first-order chi connectivity index (χ1) is 9.70. The largest absolute Gasteiger partial charge is 0.397 e. The predicted octanol–water partition coefficient (Wildman–Crippen LogP) is 2.47. The fourth-order valence-corrected chi connectivity index (χ4v) is 3.40. The number of nitrogens with zero attached hydrogens (tertiary/aromatic N) is 3. The van der Waals surface area contributed by atoms with Gasteiger partial charge in [-0.25, -0.2) is 4.98 Å². The van der Waals surface area contributed by atoms with Crippen molar-refractivity contribution in [3.05, 3.63) is 28.7 Å². The molecule has 0 unspecified atom stereocenters. The van der Waals surface area contributed by atoms with Crippen LogP contribution in [0.2, 0.25) is 0 Å². The normalized spacial score (nSPS) is 14.2. The average molecular weight is 287 g/mol. The van der Waals surface area contributed by atoms with Gasteiger partial charge >= 0.3 is 0 Å². The number of imidazole rings is 1. The first-order valence-electron chi connectivity index (χ1n) is 6.73. The van der Waals surface area contributed by atoms with Crippen molar-refractivity contribution in [2.24, 2.45) is 7.05 Å². The fraction of sp³-hybridized carbons (Fsp3) is 0.429. The van der Waals surface area contributed by atoms with Crippen LogP contribution in [-0.2, 0) is 13.5 Å². The van der Waals surface area contributed by atoms with Gasteiger partial charge in [0.15, 0.2) is 0 Å². The van der Waals surface area contributed by atoms with E-state index in [0.717, 1.165) is 29.4 Å². The Morgan fingerprint density at radius 1 is 1.60 bits per heavy atom. The second-order valence-corrected chi connectivity index (χ2v) is 6.13. The lowest BCUT2D eigenvalue weighted by Gasteiger charge is -2.07. The van der Waals surface area contributed by atoms with Gasteiger partial charge in [-0.2, -0.15) is 5.26 Å². The number of rotatable bonds is 5. The van der Waals surface area contributed by atoms with Crippen molar-refractivity contribution >= 4 is 22.0 Å². The lowest BCUT2D eigenvalue weighted by molar-refractivity contribution is 0.790. The highest BCUT2D eigenvalue weighted by molar-refractivity contribution is 7.17. The summed E-state index contributed by atoms with van der Waals surface area (Å²) >= 11 is 1.47. The second kappa shape index (κ2) is 5.17. The van der Waals surface area contributed by atoms with E-state index in [1.54, 1.807) is 0 Å². The maximum absolute atomic E-state index is 9.11. The summed E-state index contributed by atoms with van der Waals surface area (Å²) in [5.74, 6) is 1.60. The van der Waals surface area contributed by atoms with Crippen molar-refractivity contribution in [3.63, 3.8) is 0 Å². The minimum absolute atomic E-state index is 0.545. The van der Waals surface area contributed by atoms with Crippen LogP contribution in [0.5, 0.6) is 0 Å². The molecule has 0 bridgehead atoms. The first kappa shape index (κ1) is 13.0. The highest BCUT2D eigenvalue weighted by Gasteiger charge is 2.31. The number of hydrogen-bond acceptors (Lipinski definition) is 5. The van der Waals surface area contributed by atoms with Crippen LogP contribution >= 0.6 is 11.3 Å². The van der Waals surface area contributed by atoms with Crippen molar-refractivity contribution in [1.29, 1.82) is 5.26 Å². The summed E-state index contributed by atoms with van der Waals surface area (Å²) in [6.07, 6.45) is 6.97. The summed E-state index contributed by atoms with van der Waals surface area (Å²) in [6, 6.07) is 2.19. The van der Waals surface area contributed by atoms with E-state index in [0.29, 0.717) is 16.5 Å². The van der Waals surface area contributed by atoms with E-state index < -0.39 is 0 Å². The molecule has 3 rings (SSSR count). The standard InChI is InChI=1S/C14H17N5S/c1-19-7-6-17-11(19)4-5-18-14-12(9-2-3-9)13(16)10(8-15)20-14/h6-7,9,18H,2-5,16H2,1H3. The molecular weight excluding hydrogens is 270 g/mol. The van der Waals surface area contributed by atoms with Crippen molar-refractivity contribution < 1.29 is 0 Å². The molecule has 1 aliphatic rings. The molecule has 104 valence electrons. The molecular formula is C14H17N5S. The Morgan fingerprint density at radius 2 is 2.40 bits per heavy atom. The number of nitrogen functional groups attached to an aromatic ring is 1. The van der Waals surface area contributed by atoms with E-state index in [4.69, 9.17) is 11.0 Å². The predicted molar refractivity (Wildman–Crippen MR) is 80.8 cm³/mol. The number of aryl methyl sites for hydroxylation is 1. The smallest absolute Gasteiger partial charge is 0.130 e. The highest BCUT2D eigenvalue weighted by atomic mass is 32.1. The third-order valence-corrected chi connectivity index (χ3v) is 4.71. The molecule has 1 saturated carbocycles. The summed E-state index contributed by atoms with van der Waals surface area (Å²) in [5.41, 5.74) is 7.92. The summed E-state index contributed by atoms with van der Waals surface area (Å²) in [5, 5.41) is 13.6. The summed E-state index contributed by atoms with van der Waals surface area (Å²) in [7, 11) is 1.99. The molecule has 0 radical (unpaired) electrons. The van der Waals surface area contributed by atoms with Crippen LogP contribution in [0, 0.1) is 11.3 Å². The lowest BCUT2D eigenvalue weighted by atomic mass is 10.1. The van der Waals surface area contributed by atoms with Gasteiger partial charge in [-0.15, -0.1) is 11.3 Å². The number of nitrogens with one attached hydrogen (secondary N) is 1. The number of nitrogens with two attached hydrogens (primary N) is 1. The van der Waals surface area contributed by atoms with E-state index in [1.165, 1.54) is 24.2 Å². The van der Waals surface area contributed by atoms with Crippen molar-refractivity contribution in [2.45, 2.75) is 25.2 Å². The van der Waals surface area contributed by atoms with Gasteiger partial charge in [0.25, 0.3) is 0 Å². The Kier molecular flexibility index (Phi) is 3.36. The van der Waals surface area contributed by atoms with Gasteiger partial charge < -0.3 is 15.6 Å². The maximum atomic E-state index is 9.11. The number of aromatic nitrogens is 2. The van der Waals surface area contributed by atoms with Crippen LogP contribution in [0.3, 0.4) is 0 Å². The van der Waals surface area contributed by atoms with E-state index in [9.17, 15) is 0 Å². The van der Waals surface area contributed by atoms with Gasteiger partial charge in [0.05, 0.1) is 10.7 Å². The third-order valence-electron chi connectivity index (χ3n) is 3.63. The Hall–Kier alpha value is -2.00. The first-order valence-corrected chi connectivity index (χ1v) is 7.54. The molecule has 20 heavy (non-hydrogen) atoms. The molecule has 2 heterocycles. The molecule has 3 N–H and O–H groups in total. The van der Waals surface area contributed by atoms with Gasteiger partial charge in [-0.3, -0.25) is 0 Å². The maximum Gasteiger partial charge on any atom is 0.130 e. The van der Waals surface area contributed by atoms with Gasteiger partial charge in [-0.05, 0) is 18.8 Å². The van der Waals surface area contributed by atoms with Gasteiger partial charge in [-0.1, -0.05) is 0 Å². The molecule has 1 aliphatic carbocycles. The van der Waals surface area contributed by atoms with Gasteiger partial charge in [0.1, 0.15) is 16.8 Å². The fourth-order valence-electron chi connectivity index (χ4n) is 2.37. The van der Waals surface area contributed by atoms with Crippen LogP contribution < -0.4 is 11.1 Å². The SMILES string of the molecule is Cn1ccnc1CCNc1sc(C#N)c(N)c1C1CC1. The van der Waals surface area contributed by atoms with Crippen molar-refractivity contribution in [2.75, 3.05) is 17.6 Å².